The maximum absolute atomic E-state index is 5.55. The third-order valence-corrected chi connectivity index (χ3v) is 4.59. The molecular weight excluding hydrogens is 296 g/mol. The average Bonchev–Trinajstić information content (AvgIpc) is 2.44. The fourth-order valence-electron chi connectivity index (χ4n) is 1.80. The minimum atomic E-state index is -0.520. The molecule has 1 unspecified atom stereocenters. The van der Waals surface area contributed by atoms with Crippen LogP contribution in [-0.4, -0.2) is 51.1 Å². The number of hydrogen-bond donors (Lipinski definition) is 0. The number of hydrogen-bond acceptors (Lipinski definition) is 4. The van der Waals surface area contributed by atoms with Crippen LogP contribution in [-0.2, 0) is 14.2 Å². The number of methoxy groups -OCH3 is 3. The molecule has 0 radical (unpaired) electrons. The van der Waals surface area contributed by atoms with E-state index in [-0.39, 0.29) is 18.6 Å². The first-order valence-electron chi connectivity index (χ1n) is 6.27. The summed E-state index contributed by atoms with van der Waals surface area (Å²) < 4.78 is 18.5. The number of ether oxygens (including phenoxy) is 3. The minimum absolute atomic E-state index is 0. The van der Waals surface area contributed by atoms with Gasteiger partial charge in [-0.1, -0.05) is 0 Å². The van der Waals surface area contributed by atoms with Crippen LogP contribution in [0.25, 0.3) is 0 Å². The van der Waals surface area contributed by atoms with Crippen LogP contribution < -0.4 is 21.9 Å². The molecular formula is C13H25ClN2O3Si. The van der Waals surface area contributed by atoms with E-state index in [0.717, 1.165) is 15.9 Å². The fourth-order valence-corrected chi connectivity index (χ4v) is 2.15. The quantitative estimate of drug-likeness (QED) is 0.303. The molecule has 0 N–H and O–H groups in total. The lowest BCUT2D eigenvalue weighted by atomic mass is 10.3. The summed E-state index contributed by atoms with van der Waals surface area (Å²) in [5.74, 6) is 0. The summed E-state index contributed by atoms with van der Waals surface area (Å²) in [7, 11) is 9.85. The lowest BCUT2D eigenvalue weighted by molar-refractivity contribution is -0.764. The second-order valence-corrected chi connectivity index (χ2v) is 6.36. The Kier molecular flexibility index (Phi) is 8.30. The SMILES string of the molecule is COC(CC([SiH3])(OC)OC)[n+]1ccc(N(C)C)cc1.[Cl-]. The summed E-state index contributed by atoms with van der Waals surface area (Å²) in [4.78, 5) is 2.06. The highest BCUT2D eigenvalue weighted by Crippen LogP contribution is 2.19. The maximum Gasteiger partial charge on any atom is 0.266 e. The molecule has 0 spiro atoms. The summed E-state index contributed by atoms with van der Waals surface area (Å²) in [6.45, 7) is 0. The van der Waals surface area contributed by atoms with Crippen LogP contribution in [0.15, 0.2) is 24.5 Å². The van der Waals surface area contributed by atoms with E-state index in [1.165, 1.54) is 0 Å². The van der Waals surface area contributed by atoms with Gasteiger partial charge in [-0.2, -0.15) is 4.57 Å². The van der Waals surface area contributed by atoms with Crippen LogP contribution in [0.3, 0.4) is 0 Å². The number of aromatic nitrogens is 1. The van der Waals surface area contributed by atoms with Gasteiger partial charge < -0.3 is 31.5 Å². The highest BCUT2D eigenvalue weighted by atomic mass is 35.5. The van der Waals surface area contributed by atoms with Crippen molar-refractivity contribution in [1.82, 2.24) is 0 Å². The Hall–Kier alpha value is -0.663. The summed E-state index contributed by atoms with van der Waals surface area (Å²) >= 11 is 0. The van der Waals surface area contributed by atoms with Crippen LogP contribution in [0.4, 0.5) is 5.69 Å². The van der Waals surface area contributed by atoms with Gasteiger partial charge in [0.05, 0.1) is 16.7 Å². The molecule has 0 saturated carbocycles. The Balaban J connectivity index is 0.00000361. The van der Waals surface area contributed by atoms with Gasteiger partial charge in [-0.25, -0.2) is 0 Å². The van der Waals surface area contributed by atoms with Gasteiger partial charge in [-0.3, -0.25) is 0 Å². The lowest BCUT2D eigenvalue weighted by Crippen LogP contribution is -3.00. The molecule has 0 bridgehead atoms. The van der Waals surface area contributed by atoms with E-state index in [2.05, 4.69) is 17.0 Å². The van der Waals surface area contributed by atoms with Gasteiger partial charge >= 0.3 is 0 Å². The van der Waals surface area contributed by atoms with Gasteiger partial charge in [0, 0.05) is 53.2 Å². The number of halogens is 1. The Morgan fingerprint density at radius 3 is 2.05 bits per heavy atom. The van der Waals surface area contributed by atoms with Gasteiger partial charge in [0.1, 0.15) is 5.41 Å². The highest BCUT2D eigenvalue weighted by Gasteiger charge is 2.32. The summed E-state index contributed by atoms with van der Waals surface area (Å²) in [5.41, 5.74) is 0.634. The van der Waals surface area contributed by atoms with Crippen LogP contribution >= 0.6 is 0 Å². The van der Waals surface area contributed by atoms with Crippen molar-refractivity contribution in [3.63, 3.8) is 0 Å². The van der Waals surface area contributed by atoms with E-state index in [0.29, 0.717) is 6.42 Å². The highest BCUT2D eigenvalue weighted by molar-refractivity contribution is 6.13. The van der Waals surface area contributed by atoms with Crippen LogP contribution in [0.5, 0.6) is 0 Å². The van der Waals surface area contributed by atoms with Crippen LogP contribution in [0.1, 0.15) is 12.6 Å². The van der Waals surface area contributed by atoms with Crippen LogP contribution in [0.2, 0.25) is 0 Å². The smallest absolute Gasteiger partial charge is 0.266 e. The average molecular weight is 321 g/mol. The zero-order valence-corrected chi connectivity index (χ0v) is 15.8. The zero-order chi connectivity index (χ0) is 14.5. The number of anilines is 1. The predicted molar refractivity (Wildman–Crippen MR) is 78.3 cm³/mol. The largest absolute Gasteiger partial charge is 1.00 e. The molecule has 0 aromatic carbocycles. The van der Waals surface area contributed by atoms with Gasteiger partial charge in [-0.05, 0) is 0 Å². The summed E-state index contributed by atoms with van der Waals surface area (Å²) in [6.07, 6.45) is 4.58. The topological polar surface area (TPSA) is 34.8 Å². The molecule has 1 rings (SSSR count). The van der Waals surface area contributed by atoms with Gasteiger partial charge in [0.2, 0.25) is 0 Å². The molecule has 7 heteroatoms. The fraction of sp³-hybridized carbons (Fsp3) is 0.615. The first kappa shape index (κ1) is 19.3. The first-order chi connectivity index (χ1) is 8.95. The zero-order valence-electron chi connectivity index (χ0n) is 13.1. The van der Waals surface area contributed by atoms with E-state index >= 15 is 0 Å². The van der Waals surface area contributed by atoms with Crippen molar-refractivity contribution in [2.24, 2.45) is 0 Å². The van der Waals surface area contributed by atoms with Crippen molar-refractivity contribution in [2.75, 3.05) is 40.3 Å². The van der Waals surface area contributed by atoms with E-state index < -0.39 is 5.41 Å². The minimum Gasteiger partial charge on any atom is -1.00 e. The molecule has 20 heavy (non-hydrogen) atoms. The van der Waals surface area contributed by atoms with Crippen molar-refractivity contribution in [2.45, 2.75) is 18.1 Å². The number of nitrogens with zero attached hydrogens (tertiary/aromatic N) is 2. The van der Waals surface area contributed by atoms with Crippen molar-refractivity contribution >= 4 is 15.9 Å². The molecule has 116 valence electrons. The third-order valence-electron chi connectivity index (χ3n) is 3.36. The van der Waals surface area contributed by atoms with Gasteiger partial charge in [-0.15, -0.1) is 0 Å². The molecule has 1 atom stereocenters. The van der Waals surface area contributed by atoms with E-state index in [1.807, 2.05) is 31.1 Å². The number of rotatable bonds is 7. The first-order valence-corrected chi connectivity index (χ1v) is 7.27. The molecule has 5 nitrogen and oxygen atoms in total. The molecule has 0 saturated heterocycles. The van der Waals surface area contributed by atoms with Crippen molar-refractivity contribution in [1.29, 1.82) is 0 Å². The van der Waals surface area contributed by atoms with E-state index in [1.54, 1.807) is 21.3 Å². The van der Waals surface area contributed by atoms with Crippen molar-refractivity contribution in [3.8, 4) is 0 Å². The molecule has 0 aliphatic heterocycles. The molecule has 1 aromatic heterocycles. The molecule has 0 fully saturated rings. The molecule has 0 aliphatic rings. The standard InChI is InChI=1S/C13H25N2O3Si.ClH/c1-14(2)11-6-8-15(9-7-11)12(16-3)10-13(19,17-4)18-5;/h6-9,12H,10H2,1-5,19H3;1H/q+1;/p-1. The predicted octanol–water partition coefficient (Wildman–Crippen LogP) is -3.11. The molecule has 1 heterocycles. The third kappa shape index (κ3) is 5.03. The van der Waals surface area contributed by atoms with Crippen molar-refractivity contribution in [3.05, 3.63) is 24.5 Å². The second kappa shape index (κ2) is 8.59. The normalized spacial score (nSPS) is 12.8. The Morgan fingerprint density at radius 1 is 1.20 bits per heavy atom. The van der Waals surface area contributed by atoms with E-state index in [9.17, 15) is 0 Å². The summed E-state index contributed by atoms with van der Waals surface area (Å²) in [5, 5.41) is 0. The van der Waals surface area contributed by atoms with Gasteiger partial charge in [0.25, 0.3) is 6.23 Å². The second-order valence-electron chi connectivity index (χ2n) is 4.83. The Labute approximate surface area is 130 Å². The van der Waals surface area contributed by atoms with Crippen molar-refractivity contribution < 1.29 is 31.2 Å². The summed E-state index contributed by atoms with van der Waals surface area (Å²) in [6, 6.07) is 4.11. The lowest BCUT2D eigenvalue weighted by Gasteiger charge is -2.28. The molecule has 0 amide bonds. The van der Waals surface area contributed by atoms with Gasteiger partial charge in [0.15, 0.2) is 12.4 Å². The Morgan fingerprint density at radius 2 is 1.70 bits per heavy atom. The van der Waals surface area contributed by atoms with Crippen LogP contribution in [0, 0.1) is 0 Å². The Bertz CT molecular complexity index is 386. The molecule has 0 aliphatic carbocycles. The monoisotopic (exact) mass is 320 g/mol. The molecule has 1 aromatic rings. The number of pyridine rings is 1. The van der Waals surface area contributed by atoms with E-state index in [4.69, 9.17) is 14.2 Å². The maximum atomic E-state index is 5.55.